The van der Waals surface area contributed by atoms with E-state index in [1.54, 1.807) is 24.3 Å². The molecule has 1 unspecified atom stereocenters. The van der Waals surface area contributed by atoms with E-state index < -0.39 is 29.2 Å². The van der Waals surface area contributed by atoms with Gasteiger partial charge in [-0.3, -0.25) is 4.79 Å². The summed E-state index contributed by atoms with van der Waals surface area (Å²) in [5, 5.41) is 12.6. The number of aliphatic hydroxyl groups is 1. The minimum absolute atomic E-state index is 0.0994. The molecule has 0 aliphatic rings. The van der Waals surface area contributed by atoms with Gasteiger partial charge >= 0.3 is 0 Å². The topological polar surface area (TPSA) is 62.5 Å². The van der Waals surface area contributed by atoms with Gasteiger partial charge in [0.1, 0.15) is 29.1 Å². The van der Waals surface area contributed by atoms with Gasteiger partial charge in [-0.1, -0.05) is 6.07 Å². The molecule has 3 aromatic rings. The average Bonchev–Trinajstić information content (AvgIpc) is 3.24. The molecule has 0 saturated carbocycles. The van der Waals surface area contributed by atoms with Gasteiger partial charge in [-0.25, -0.2) is 8.78 Å². The fraction of sp³-hybridized carbons (Fsp3) is 0.118. The van der Waals surface area contributed by atoms with Crippen molar-refractivity contribution in [2.75, 3.05) is 0 Å². The van der Waals surface area contributed by atoms with E-state index in [2.05, 4.69) is 5.32 Å². The molecular formula is C17H13F2NO3S. The van der Waals surface area contributed by atoms with E-state index >= 15 is 0 Å². The van der Waals surface area contributed by atoms with Gasteiger partial charge < -0.3 is 14.8 Å². The molecule has 7 heteroatoms. The van der Waals surface area contributed by atoms with Crippen LogP contribution >= 0.6 is 11.3 Å². The Bertz CT molecular complexity index is 825. The van der Waals surface area contributed by atoms with Crippen LogP contribution in [0, 0.1) is 11.6 Å². The number of carbonyl (C=O) groups is 1. The van der Waals surface area contributed by atoms with Crippen molar-refractivity contribution in [1.82, 2.24) is 5.32 Å². The molecule has 0 aliphatic carbocycles. The van der Waals surface area contributed by atoms with Gasteiger partial charge in [0.05, 0.1) is 12.8 Å². The number of aliphatic hydroxyl groups excluding tert-OH is 1. The summed E-state index contributed by atoms with van der Waals surface area (Å²) in [6.07, 6.45) is 0.578. The van der Waals surface area contributed by atoms with Crippen LogP contribution < -0.4 is 5.32 Å². The van der Waals surface area contributed by atoms with Gasteiger partial charge in [0.15, 0.2) is 0 Å². The number of amides is 1. The van der Waals surface area contributed by atoms with Gasteiger partial charge in [0, 0.05) is 9.75 Å². The van der Waals surface area contributed by atoms with Gasteiger partial charge in [-0.05, 0) is 36.4 Å². The van der Waals surface area contributed by atoms with Crippen molar-refractivity contribution < 1.29 is 23.1 Å². The number of carbonyl (C=O) groups excluding carboxylic acids is 1. The van der Waals surface area contributed by atoms with Crippen molar-refractivity contribution in [1.29, 1.82) is 0 Å². The van der Waals surface area contributed by atoms with Crippen LogP contribution in [0.2, 0.25) is 0 Å². The molecule has 24 heavy (non-hydrogen) atoms. The lowest BCUT2D eigenvalue weighted by Crippen LogP contribution is -2.24. The second kappa shape index (κ2) is 6.94. The van der Waals surface area contributed by atoms with Crippen molar-refractivity contribution >= 4 is 17.2 Å². The van der Waals surface area contributed by atoms with E-state index in [4.69, 9.17) is 4.42 Å². The van der Waals surface area contributed by atoms with Crippen LogP contribution in [0.25, 0.3) is 0 Å². The Morgan fingerprint density at radius 3 is 2.58 bits per heavy atom. The maximum absolute atomic E-state index is 13.6. The lowest BCUT2D eigenvalue weighted by Gasteiger charge is -2.06. The molecule has 0 bridgehead atoms. The fourth-order valence-corrected chi connectivity index (χ4v) is 3.14. The predicted molar refractivity (Wildman–Crippen MR) is 84.6 cm³/mol. The summed E-state index contributed by atoms with van der Waals surface area (Å²) >= 11 is 1.27. The molecule has 0 spiro atoms. The van der Waals surface area contributed by atoms with Crippen LogP contribution in [0.5, 0.6) is 0 Å². The number of hydrogen-bond acceptors (Lipinski definition) is 4. The maximum Gasteiger partial charge on any atom is 0.257 e. The Morgan fingerprint density at radius 1 is 1.17 bits per heavy atom. The molecule has 2 N–H and O–H groups in total. The summed E-state index contributed by atoms with van der Waals surface area (Å²) in [5.74, 6) is -2.23. The van der Waals surface area contributed by atoms with Gasteiger partial charge in [0.25, 0.3) is 5.91 Å². The summed E-state index contributed by atoms with van der Waals surface area (Å²) in [5.41, 5.74) is -0.607. The Kier molecular flexibility index (Phi) is 4.73. The van der Waals surface area contributed by atoms with Crippen LogP contribution in [0.1, 0.15) is 32.0 Å². The number of rotatable bonds is 5. The molecule has 1 aromatic carbocycles. The third-order valence-corrected chi connectivity index (χ3v) is 4.52. The van der Waals surface area contributed by atoms with E-state index in [1.165, 1.54) is 23.7 Å². The van der Waals surface area contributed by atoms with E-state index in [9.17, 15) is 18.7 Å². The molecule has 0 fully saturated rings. The highest BCUT2D eigenvalue weighted by molar-refractivity contribution is 7.12. The molecular weight excluding hydrogens is 336 g/mol. The number of furan rings is 1. The molecule has 1 atom stereocenters. The lowest BCUT2D eigenvalue weighted by molar-refractivity contribution is 0.0943. The highest BCUT2D eigenvalue weighted by atomic mass is 32.1. The summed E-state index contributed by atoms with van der Waals surface area (Å²) in [6.45, 7) is 0.0994. The minimum Gasteiger partial charge on any atom is -0.466 e. The molecule has 3 rings (SSSR count). The smallest absolute Gasteiger partial charge is 0.257 e. The quantitative estimate of drug-likeness (QED) is 0.739. The number of halogens is 2. The summed E-state index contributed by atoms with van der Waals surface area (Å²) in [4.78, 5) is 13.3. The summed E-state index contributed by atoms with van der Waals surface area (Å²) in [6, 6.07) is 10.0. The van der Waals surface area contributed by atoms with Crippen LogP contribution in [-0.4, -0.2) is 11.0 Å². The van der Waals surface area contributed by atoms with Crippen molar-refractivity contribution in [2.45, 2.75) is 12.6 Å². The Labute approximate surface area is 140 Å². The monoisotopic (exact) mass is 349 g/mol. The molecule has 4 nitrogen and oxygen atoms in total. The summed E-state index contributed by atoms with van der Waals surface area (Å²) < 4.78 is 32.2. The number of thiophene rings is 1. The van der Waals surface area contributed by atoms with Crippen molar-refractivity contribution in [3.8, 4) is 0 Å². The number of benzene rings is 1. The van der Waals surface area contributed by atoms with E-state index in [1.807, 2.05) is 0 Å². The van der Waals surface area contributed by atoms with Gasteiger partial charge in [-0.15, -0.1) is 11.3 Å². The Morgan fingerprint density at radius 2 is 1.92 bits per heavy atom. The third-order valence-electron chi connectivity index (χ3n) is 3.38. The standard InChI is InChI=1S/C17H13F2NO3S/c18-11-3-1-4-12(19)15(11)17(22)20-9-10-6-7-14(24-10)16(21)13-5-2-8-23-13/h1-8,16,21H,9H2,(H,20,22). The molecule has 0 radical (unpaired) electrons. The van der Waals surface area contributed by atoms with E-state index in [0.29, 0.717) is 10.6 Å². The normalized spacial score (nSPS) is 12.1. The number of hydrogen-bond donors (Lipinski definition) is 2. The first-order valence-corrected chi connectivity index (χ1v) is 7.90. The van der Waals surface area contributed by atoms with Gasteiger partial charge in [0.2, 0.25) is 0 Å². The first kappa shape index (κ1) is 16.4. The molecule has 0 saturated heterocycles. The van der Waals surface area contributed by atoms with E-state index in [0.717, 1.165) is 17.0 Å². The Balaban J connectivity index is 1.66. The van der Waals surface area contributed by atoms with Crippen molar-refractivity contribution in [3.63, 3.8) is 0 Å². The first-order chi connectivity index (χ1) is 11.6. The second-order valence-electron chi connectivity index (χ2n) is 5.00. The van der Waals surface area contributed by atoms with Crippen molar-refractivity contribution in [3.05, 3.63) is 81.4 Å². The van der Waals surface area contributed by atoms with Gasteiger partial charge in [-0.2, -0.15) is 0 Å². The highest BCUT2D eigenvalue weighted by Crippen LogP contribution is 2.28. The molecule has 124 valence electrons. The van der Waals surface area contributed by atoms with Crippen molar-refractivity contribution in [2.24, 2.45) is 0 Å². The molecule has 1 amide bonds. The van der Waals surface area contributed by atoms with Crippen LogP contribution in [0.15, 0.2) is 53.1 Å². The predicted octanol–water partition coefficient (Wildman–Crippen LogP) is 3.63. The zero-order chi connectivity index (χ0) is 17.1. The maximum atomic E-state index is 13.6. The average molecular weight is 349 g/mol. The molecule has 2 heterocycles. The summed E-state index contributed by atoms with van der Waals surface area (Å²) in [7, 11) is 0. The zero-order valence-electron chi connectivity index (χ0n) is 12.3. The zero-order valence-corrected chi connectivity index (χ0v) is 13.1. The third kappa shape index (κ3) is 3.37. The molecule has 2 aromatic heterocycles. The van der Waals surface area contributed by atoms with E-state index in [-0.39, 0.29) is 6.54 Å². The SMILES string of the molecule is O=C(NCc1ccc(C(O)c2ccco2)s1)c1c(F)cccc1F. The minimum atomic E-state index is -0.910. The molecule has 0 aliphatic heterocycles. The number of nitrogens with one attached hydrogen (secondary N) is 1. The second-order valence-corrected chi connectivity index (χ2v) is 6.20. The lowest BCUT2D eigenvalue weighted by atomic mass is 10.2. The largest absolute Gasteiger partial charge is 0.466 e. The fourth-order valence-electron chi connectivity index (χ4n) is 2.19. The first-order valence-electron chi connectivity index (χ1n) is 7.08. The van der Waals surface area contributed by atoms with Crippen LogP contribution in [0.3, 0.4) is 0 Å². The van der Waals surface area contributed by atoms with Crippen LogP contribution in [0.4, 0.5) is 8.78 Å². The van der Waals surface area contributed by atoms with Crippen LogP contribution in [-0.2, 0) is 6.54 Å². The highest BCUT2D eigenvalue weighted by Gasteiger charge is 2.18. The Hall–Kier alpha value is -2.51.